The van der Waals surface area contributed by atoms with Crippen LogP contribution in [0.5, 0.6) is 0 Å². The quantitative estimate of drug-likeness (QED) is 0.0365. The van der Waals surface area contributed by atoms with Gasteiger partial charge >= 0.3 is 0 Å². The minimum Gasteiger partial charge on any atom is -0.756 e. The number of aliphatic hydroxyl groups excluding tert-OH is 1. The van der Waals surface area contributed by atoms with E-state index >= 15 is 0 Å². The maximum absolute atomic E-state index is 12.8. The third kappa shape index (κ3) is 37.8. The summed E-state index contributed by atoms with van der Waals surface area (Å²) >= 11 is 0. The van der Waals surface area contributed by atoms with Crippen molar-refractivity contribution in [3.63, 3.8) is 0 Å². The van der Waals surface area contributed by atoms with Gasteiger partial charge in [0.25, 0.3) is 7.82 Å². The predicted octanol–water partition coefficient (Wildman–Crippen LogP) is 11.6. The molecule has 0 aromatic heterocycles. The van der Waals surface area contributed by atoms with Crippen LogP contribution in [-0.4, -0.2) is 68.5 Å². The Bertz CT molecular complexity index is 824. The fourth-order valence-corrected chi connectivity index (χ4v) is 7.47. The maximum Gasteiger partial charge on any atom is 0.268 e. The van der Waals surface area contributed by atoms with Crippen LogP contribution in [0.2, 0.25) is 0 Å². The van der Waals surface area contributed by atoms with Crippen LogP contribution in [0.25, 0.3) is 0 Å². The van der Waals surface area contributed by atoms with E-state index in [0.717, 1.165) is 38.5 Å². The molecule has 0 spiro atoms. The molecule has 8 nitrogen and oxygen atoms in total. The molecule has 52 heavy (non-hydrogen) atoms. The molecule has 0 aromatic rings. The minimum absolute atomic E-state index is 0.0159. The van der Waals surface area contributed by atoms with E-state index in [9.17, 15) is 19.4 Å². The predicted molar refractivity (Wildman–Crippen MR) is 219 cm³/mol. The van der Waals surface area contributed by atoms with Gasteiger partial charge in [0.2, 0.25) is 5.91 Å². The molecular formula is C43H89N2O6P. The number of phosphoric ester groups is 1. The van der Waals surface area contributed by atoms with Crippen LogP contribution in [0.4, 0.5) is 0 Å². The van der Waals surface area contributed by atoms with E-state index in [-0.39, 0.29) is 19.1 Å². The van der Waals surface area contributed by atoms with E-state index in [1.54, 1.807) is 0 Å². The van der Waals surface area contributed by atoms with E-state index in [1.165, 1.54) is 154 Å². The zero-order valence-electron chi connectivity index (χ0n) is 35.3. The number of nitrogens with zero attached hydrogens (tertiary/aromatic N) is 1. The van der Waals surface area contributed by atoms with Gasteiger partial charge in [-0.05, 0) is 12.8 Å². The van der Waals surface area contributed by atoms with Crippen molar-refractivity contribution in [3.05, 3.63) is 0 Å². The first-order valence-corrected chi connectivity index (χ1v) is 23.8. The number of nitrogens with one attached hydrogen (secondary N) is 1. The van der Waals surface area contributed by atoms with Gasteiger partial charge in [0, 0.05) is 6.42 Å². The van der Waals surface area contributed by atoms with Crippen LogP contribution in [0, 0.1) is 0 Å². The van der Waals surface area contributed by atoms with E-state index < -0.39 is 20.0 Å². The molecule has 312 valence electrons. The zero-order valence-corrected chi connectivity index (χ0v) is 36.2. The number of aliphatic hydroxyl groups is 1. The number of likely N-dealkylation sites (N-methyl/N-ethyl adjacent to an activating group) is 1. The molecule has 0 saturated heterocycles. The van der Waals surface area contributed by atoms with Gasteiger partial charge in [0.1, 0.15) is 13.2 Å². The van der Waals surface area contributed by atoms with Crippen molar-refractivity contribution in [2.24, 2.45) is 0 Å². The largest absolute Gasteiger partial charge is 0.756 e. The van der Waals surface area contributed by atoms with Gasteiger partial charge in [-0.1, -0.05) is 200 Å². The van der Waals surface area contributed by atoms with Gasteiger partial charge in [-0.25, -0.2) is 0 Å². The van der Waals surface area contributed by atoms with Crippen molar-refractivity contribution in [3.8, 4) is 0 Å². The second kappa shape index (κ2) is 36.2. The number of phosphoric acid groups is 1. The average molecular weight is 761 g/mol. The maximum atomic E-state index is 12.8. The Morgan fingerprint density at radius 2 is 0.942 bits per heavy atom. The number of carbonyl (C=O) groups is 1. The highest BCUT2D eigenvalue weighted by Gasteiger charge is 2.24. The summed E-state index contributed by atoms with van der Waals surface area (Å²) in [7, 11) is 1.32. The number of hydrogen-bond donors (Lipinski definition) is 2. The van der Waals surface area contributed by atoms with Crippen molar-refractivity contribution in [1.82, 2.24) is 5.32 Å². The van der Waals surface area contributed by atoms with Gasteiger partial charge in [-0.2, -0.15) is 0 Å². The normalized spacial score (nSPS) is 14.4. The van der Waals surface area contributed by atoms with E-state index in [2.05, 4.69) is 19.2 Å². The number of amides is 1. The highest BCUT2D eigenvalue weighted by molar-refractivity contribution is 7.45. The lowest BCUT2D eigenvalue weighted by Gasteiger charge is -2.30. The molecule has 0 heterocycles. The number of rotatable bonds is 41. The molecule has 0 bridgehead atoms. The molecular weight excluding hydrogens is 671 g/mol. The highest BCUT2D eigenvalue weighted by Crippen LogP contribution is 2.38. The summed E-state index contributed by atoms with van der Waals surface area (Å²) in [6.45, 7) is 4.73. The smallest absolute Gasteiger partial charge is 0.268 e. The van der Waals surface area contributed by atoms with Crippen LogP contribution >= 0.6 is 7.82 Å². The van der Waals surface area contributed by atoms with E-state index in [4.69, 9.17) is 9.05 Å². The molecule has 0 saturated carbocycles. The van der Waals surface area contributed by atoms with Gasteiger partial charge in [-0.3, -0.25) is 9.36 Å². The average Bonchev–Trinajstić information content (AvgIpc) is 3.09. The molecule has 1 unspecified atom stereocenters. The minimum atomic E-state index is -4.55. The lowest BCUT2D eigenvalue weighted by atomic mass is 10.0. The van der Waals surface area contributed by atoms with Crippen LogP contribution in [-0.2, 0) is 18.4 Å². The van der Waals surface area contributed by atoms with Gasteiger partial charge < -0.3 is 28.8 Å². The van der Waals surface area contributed by atoms with Crippen LogP contribution in [0.1, 0.15) is 219 Å². The molecule has 0 aromatic carbocycles. The summed E-state index contributed by atoms with van der Waals surface area (Å²) in [6, 6.07) is -0.791. The van der Waals surface area contributed by atoms with Gasteiger partial charge in [0.15, 0.2) is 0 Å². The van der Waals surface area contributed by atoms with E-state index in [0.29, 0.717) is 23.9 Å². The molecule has 2 N–H and O–H groups in total. The SMILES string of the molecule is CCCCCCCCCCCCCCCCCCCCCC(=O)N[C@@H](COP(=O)([O-])OCC[N+](C)(C)C)[C@H](O)CCCCCCCCCCCCC. The van der Waals surface area contributed by atoms with Crippen molar-refractivity contribution in [2.75, 3.05) is 40.9 Å². The molecule has 3 atom stereocenters. The first kappa shape index (κ1) is 51.5. The zero-order chi connectivity index (χ0) is 38.6. The van der Waals surface area contributed by atoms with Crippen LogP contribution in [0.15, 0.2) is 0 Å². The first-order valence-electron chi connectivity index (χ1n) is 22.4. The Morgan fingerprint density at radius 3 is 1.31 bits per heavy atom. The van der Waals surface area contributed by atoms with E-state index in [1.807, 2.05) is 21.1 Å². The number of quaternary nitrogens is 1. The monoisotopic (exact) mass is 761 g/mol. The van der Waals surface area contributed by atoms with Crippen molar-refractivity contribution < 1.29 is 32.9 Å². The topological polar surface area (TPSA) is 108 Å². The summed E-state index contributed by atoms with van der Waals surface area (Å²) in [5.41, 5.74) is 0. The molecule has 0 aliphatic rings. The molecule has 0 fully saturated rings. The number of unbranched alkanes of at least 4 members (excludes halogenated alkanes) is 28. The molecule has 0 aliphatic heterocycles. The second-order valence-electron chi connectivity index (χ2n) is 16.8. The Morgan fingerprint density at radius 1 is 0.596 bits per heavy atom. The number of carbonyl (C=O) groups excluding carboxylic acids is 1. The third-order valence-corrected chi connectivity index (χ3v) is 11.3. The summed E-state index contributed by atoms with van der Waals surface area (Å²) < 4.78 is 23.2. The molecule has 9 heteroatoms. The fourth-order valence-electron chi connectivity index (χ4n) is 6.75. The first-order chi connectivity index (χ1) is 25.0. The standard InChI is InChI=1S/C43H89N2O6P/c1-6-8-10-12-14-16-18-19-20-21-22-23-24-25-27-29-31-33-35-37-43(47)44-41(40-51-52(48,49)50-39-38-45(3,4)5)42(46)36-34-32-30-28-26-17-15-13-11-9-7-2/h41-42,46H,6-40H2,1-5H3,(H-,44,47,48,49)/t41-,42+/m0/s1. The summed E-state index contributed by atoms with van der Waals surface area (Å²) in [5, 5.41) is 13.9. The Hall–Kier alpha value is -0.500. The highest BCUT2D eigenvalue weighted by atomic mass is 31.2. The van der Waals surface area contributed by atoms with Gasteiger partial charge in [-0.15, -0.1) is 0 Å². The van der Waals surface area contributed by atoms with Crippen LogP contribution < -0.4 is 10.2 Å². The van der Waals surface area contributed by atoms with Crippen molar-refractivity contribution in [1.29, 1.82) is 0 Å². The van der Waals surface area contributed by atoms with Crippen LogP contribution in [0.3, 0.4) is 0 Å². The second-order valence-corrected chi connectivity index (χ2v) is 18.2. The molecule has 1 amide bonds. The summed E-state index contributed by atoms with van der Waals surface area (Å²) in [6.07, 6.45) is 38.2. The third-order valence-electron chi connectivity index (χ3n) is 10.3. The van der Waals surface area contributed by atoms with Crippen molar-refractivity contribution >= 4 is 13.7 Å². The Balaban J connectivity index is 4.25. The molecule has 0 aliphatic carbocycles. The lowest BCUT2D eigenvalue weighted by Crippen LogP contribution is -2.46. The lowest BCUT2D eigenvalue weighted by molar-refractivity contribution is -0.870. The van der Waals surface area contributed by atoms with Gasteiger partial charge in [0.05, 0.1) is 39.9 Å². The number of hydrogen-bond acceptors (Lipinski definition) is 6. The summed E-state index contributed by atoms with van der Waals surface area (Å²) in [4.78, 5) is 25.3. The Kier molecular flexibility index (Phi) is 35.8. The Labute approximate surface area is 323 Å². The van der Waals surface area contributed by atoms with Crippen molar-refractivity contribution in [2.45, 2.75) is 231 Å². The summed E-state index contributed by atoms with van der Waals surface area (Å²) in [5.74, 6) is -0.162. The fraction of sp³-hybridized carbons (Fsp3) is 0.977. The molecule has 0 radical (unpaired) electrons. The molecule has 0 rings (SSSR count).